The predicted molar refractivity (Wildman–Crippen MR) is 72.1 cm³/mol. The zero-order valence-corrected chi connectivity index (χ0v) is 10.9. The topological polar surface area (TPSA) is 34.2 Å². The number of rotatable bonds is 3. The highest BCUT2D eigenvalue weighted by Crippen LogP contribution is 2.30. The maximum absolute atomic E-state index is 6.10. The summed E-state index contributed by atoms with van der Waals surface area (Å²) in [6, 6.07) is 7.73. The van der Waals surface area contributed by atoms with Crippen LogP contribution in [0.1, 0.15) is 13.8 Å². The molecule has 1 aromatic heterocycles. The van der Waals surface area contributed by atoms with E-state index in [4.69, 9.17) is 16.3 Å². The maximum atomic E-state index is 6.10. The van der Waals surface area contributed by atoms with Crippen LogP contribution in [0.5, 0.6) is 5.75 Å². The van der Waals surface area contributed by atoms with E-state index >= 15 is 0 Å². The van der Waals surface area contributed by atoms with Gasteiger partial charge in [0.15, 0.2) is 0 Å². The second-order valence-electron chi connectivity index (χ2n) is 4.06. The Labute approximate surface area is 106 Å². The predicted octanol–water partition coefficient (Wildman–Crippen LogP) is 3.72. The van der Waals surface area contributed by atoms with Gasteiger partial charge in [-0.2, -0.15) is 0 Å². The Hall–Kier alpha value is -1.48. The molecular weight excluding hydrogens is 236 g/mol. The van der Waals surface area contributed by atoms with Gasteiger partial charge in [0, 0.05) is 12.4 Å². The smallest absolute Gasteiger partial charge is 0.145 e. The molecule has 4 heteroatoms. The Morgan fingerprint density at radius 2 is 2.12 bits per heavy atom. The van der Waals surface area contributed by atoms with Crippen LogP contribution in [0.3, 0.4) is 0 Å². The van der Waals surface area contributed by atoms with Gasteiger partial charge in [-0.25, -0.2) is 4.98 Å². The van der Waals surface area contributed by atoms with Crippen LogP contribution in [0.25, 0.3) is 10.9 Å². The molecule has 90 valence electrons. The van der Waals surface area contributed by atoms with Crippen molar-refractivity contribution in [1.82, 2.24) is 4.98 Å². The molecule has 0 spiro atoms. The number of benzene rings is 1. The number of halogens is 1. The molecule has 0 saturated carbocycles. The van der Waals surface area contributed by atoms with Crippen molar-refractivity contribution in [2.75, 3.05) is 12.4 Å². The summed E-state index contributed by atoms with van der Waals surface area (Å²) in [4.78, 5) is 4.48. The molecular formula is C13H15ClN2O. The molecule has 2 aromatic rings. The molecule has 17 heavy (non-hydrogen) atoms. The Kier molecular flexibility index (Phi) is 3.38. The van der Waals surface area contributed by atoms with E-state index in [2.05, 4.69) is 10.3 Å². The van der Waals surface area contributed by atoms with E-state index in [0.717, 1.165) is 16.7 Å². The Balaban J connectivity index is 2.61. The van der Waals surface area contributed by atoms with Crippen molar-refractivity contribution in [3.05, 3.63) is 29.3 Å². The first-order valence-electron chi connectivity index (χ1n) is 5.55. The number of hydrogen-bond donors (Lipinski definition) is 1. The molecule has 1 aromatic carbocycles. The Morgan fingerprint density at radius 3 is 2.76 bits per heavy atom. The molecule has 0 radical (unpaired) electrons. The van der Waals surface area contributed by atoms with Gasteiger partial charge >= 0.3 is 0 Å². The van der Waals surface area contributed by atoms with Crippen LogP contribution < -0.4 is 10.1 Å². The van der Waals surface area contributed by atoms with Crippen molar-refractivity contribution >= 4 is 28.3 Å². The SMILES string of the molecule is CNc1nc2c(OC(C)C)cccc2cc1Cl. The van der Waals surface area contributed by atoms with Gasteiger partial charge in [-0.05, 0) is 26.0 Å². The minimum Gasteiger partial charge on any atom is -0.489 e. The van der Waals surface area contributed by atoms with E-state index in [-0.39, 0.29) is 6.10 Å². The number of aromatic nitrogens is 1. The molecule has 0 aliphatic heterocycles. The van der Waals surface area contributed by atoms with E-state index in [9.17, 15) is 0 Å². The Morgan fingerprint density at radius 1 is 1.35 bits per heavy atom. The number of para-hydroxylation sites is 1. The first-order valence-corrected chi connectivity index (χ1v) is 5.93. The standard InChI is InChI=1S/C13H15ClN2O/c1-8(2)17-11-6-4-5-9-7-10(14)13(15-3)16-12(9)11/h4-8H,1-3H3,(H,15,16). The average molecular weight is 251 g/mol. The summed E-state index contributed by atoms with van der Waals surface area (Å²) in [5, 5.41) is 4.56. The summed E-state index contributed by atoms with van der Waals surface area (Å²) in [5.74, 6) is 1.45. The van der Waals surface area contributed by atoms with Crippen LogP contribution in [0.2, 0.25) is 5.02 Å². The zero-order chi connectivity index (χ0) is 12.4. The molecule has 0 unspecified atom stereocenters. The van der Waals surface area contributed by atoms with Crippen LogP contribution in [-0.4, -0.2) is 18.1 Å². The van der Waals surface area contributed by atoms with E-state index < -0.39 is 0 Å². The quantitative estimate of drug-likeness (QED) is 0.902. The lowest BCUT2D eigenvalue weighted by Gasteiger charge is -2.13. The van der Waals surface area contributed by atoms with Gasteiger partial charge in [-0.1, -0.05) is 23.7 Å². The average Bonchev–Trinajstić information content (AvgIpc) is 2.27. The van der Waals surface area contributed by atoms with Crippen LogP contribution in [0.4, 0.5) is 5.82 Å². The summed E-state index contributed by atoms with van der Waals surface area (Å²) < 4.78 is 5.73. The van der Waals surface area contributed by atoms with Gasteiger partial charge < -0.3 is 10.1 Å². The largest absolute Gasteiger partial charge is 0.489 e. The molecule has 2 rings (SSSR count). The molecule has 1 N–H and O–H groups in total. The summed E-state index contributed by atoms with van der Waals surface area (Å²) in [6.07, 6.45) is 0.121. The van der Waals surface area contributed by atoms with Crippen LogP contribution >= 0.6 is 11.6 Å². The third-order valence-corrected chi connectivity index (χ3v) is 2.65. The Bertz CT molecular complexity index is 540. The fourth-order valence-electron chi connectivity index (χ4n) is 1.67. The molecule has 0 saturated heterocycles. The second-order valence-corrected chi connectivity index (χ2v) is 4.47. The highest BCUT2D eigenvalue weighted by molar-refractivity contribution is 6.33. The first kappa shape index (κ1) is 12.0. The fraction of sp³-hybridized carbons (Fsp3) is 0.308. The summed E-state index contributed by atoms with van der Waals surface area (Å²) in [7, 11) is 1.80. The highest BCUT2D eigenvalue weighted by atomic mass is 35.5. The number of anilines is 1. The first-order chi connectivity index (χ1) is 8.11. The summed E-state index contributed by atoms with van der Waals surface area (Å²) in [5.41, 5.74) is 0.829. The fourth-order valence-corrected chi connectivity index (χ4v) is 1.92. The number of ether oxygens (including phenoxy) is 1. The lowest BCUT2D eigenvalue weighted by atomic mass is 10.2. The number of nitrogens with one attached hydrogen (secondary N) is 1. The van der Waals surface area contributed by atoms with Crippen molar-refractivity contribution < 1.29 is 4.74 Å². The van der Waals surface area contributed by atoms with E-state index in [1.54, 1.807) is 7.05 Å². The van der Waals surface area contributed by atoms with Gasteiger partial charge in [-0.3, -0.25) is 0 Å². The van der Waals surface area contributed by atoms with Gasteiger partial charge in [0.1, 0.15) is 17.1 Å². The molecule has 0 amide bonds. The molecule has 0 aliphatic rings. The van der Waals surface area contributed by atoms with Crippen molar-refractivity contribution in [3.8, 4) is 5.75 Å². The minimum absolute atomic E-state index is 0.121. The highest BCUT2D eigenvalue weighted by Gasteiger charge is 2.09. The van der Waals surface area contributed by atoms with Crippen LogP contribution in [0, 0.1) is 0 Å². The van der Waals surface area contributed by atoms with Crippen molar-refractivity contribution in [2.45, 2.75) is 20.0 Å². The number of nitrogens with zero attached hydrogens (tertiary/aromatic N) is 1. The monoisotopic (exact) mass is 250 g/mol. The number of fused-ring (bicyclic) bond motifs is 1. The molecule has 0 atom stereocenters. The normalized spacial score (nSPS) is 10.9. The number of pyridine rings is 1. The molecule has 0 fully saturated rings. The van der Waals surface area contributed by atoms with Crippen molar-refractivity contribution in [1.29, 1.82) is 0 Å². The third-order valence-electron chi connectivity index (χ3n) is 2.36. The van der Waals surface area contributed by atoms with Crippen molar-refractivity contribution in [3.63, 3.8) is 0 Å². The van der Waals surface area contributed by atoms with Gasteiger partial charge in [0.25, 0.3) is 0 Å². The van der Waals surface area contributed by atoms with Gasteiger partial charge in [0.2, 0.25) is 0 Å². The van der Waals surface area contributed by atoms with Crippen LogP contribution in [-0.2, 0) is 0 Å². The summed E-state index contributed by atoms with van der Waals surface area (Å²) in [6.45, 7) is 3.99. The molecule has 3 nitrogen and oxygen atoms in total. The molecule has 0 bridgehead atoms. The second kappa shape index (κ2) is 4.80. The van der Waals surface area contributed by atoms with E-state index in [0.29, 0.717) is 10.8 Å². The van der Waals surface area contributed by atoms with Gasteiger partial charge in [0.05, 0.1) is 11.1 Å². The summed E-state index contributed by atoms with van der Waals surface area (Å²) >= 11 is 6.10. The zero-order valence-electron chi connectivity index (χ0n) is 10.1. The van der Waals surface area contributed by atoms with E-state index in [1.807, 2.05) is 38.1 Å². The van der Waals surface area contributed by atoms with E-state index in [1.165, 1.54) is 0 Å². The lowest BCUT2D eigenvalue weighted by molar-refractivity contribution is 0.245. The number of hydrogen-bond acceptors (Lipinski definition) is 3. The maximum Gasteiger partial charge on any atom is 0.145 e. The molecule has 0 aliphatic carbocycles. The minimum atomic E-state index is 0.121. The van der Waals surface area contributed by atoms with Crippen LogP contribution in [0.15, 0.2) is 24.3 Å². The molecule has 1 heterocycles. The third kappa shape index (κ3) is 2.44. The van der Waals surface area contributed by atoms with Gasteiger partial charge in [-0.15, -0.1) is 0 Å². The van der Waals surface area contributed by atoms with Crippen molar-refractivity contribution in [2.24, 2.45) is 0 Å². The lowest BCUT2D eigenvalue weighted by Crippen LogP contribution is -2.06.